The maximum absolute atomic E-state index is 12.3. The second-order valence-corrected chi connectivity index (χ2v) is 7.43. The van der Waals surface area contributed by atoms with Crippen molar-refractivity contribution in [3.63, 3.8) is 0 Å². The summed E-state index contributed by atoms with van der Waals surface area (Å²) in [7, 11) is -1.46. The Labute approximate surface area is 130 Å². The van der Waals surface area contributed by atoms with Crippen LogP contribution in [0.4, 0.5) is 4.79 Å². The van der Waals surface area contributed by atoms with Crippen LogP contribution >= 0.6 is 0 Å². The van der Waals surface area contributed by atoms with Gasteiger partial charge in [-0.3, -0.25) is 0 Å². The lowest BCUT2D eigenvalue weighted by atomic mass is 10.1. The van der Waals surface area contributed by atoms with Crippen LogP contribution in [0.25, 0.3) is 0 Å². The minimum absolute atomic E-state index is 0.226. The lowest BCUT2D eigenvalue weighted by molar-refractivity contribution is 0.174. The molecule has 9 nitrogen and oxygen atoms in total. The average Bonchev–Trinajstić information content (AvgIpc) is 2.83. The van der Waals surface area contributed by atoms with Crippen LogP contribution in [0.5, 0.6) is 0 Å². The molecule has 0 aromatic carbocycles. The Balaban J connectivity index is 1.93. The lowest BCUT2D eigenvalue weighted by Gasteiger charge is -2.33. The first-order chi connectivity index (χ1) is 10.3. The van der Waals surface area contributed by atoms with Crippen molar-refractivity contribution in [3.8, 4) is 0 Å². The molecule has 1 fully saturated rings. The molecule has 1 aliphatic rings. The third kappa shape index (κ3) is 4.41. The summed E-state index contributed by atoms with van der Waals surface area (Å²) in [6.45, 7) is 2.81. The highest BCUT2D eigenvalue weighted by Crippen LogP contribution is 2.13. The predicted molar refractivity (Wildman–Crippen MR) is 80.5 cm³/mol. The van der Waals surface area contributed by atoms with E-state index in [1.165, 1.54) is 0 Å². The third-order valence-corrected chi connectivity index (χ3v) is 4.32. The molecule has 0 bridgehead atoms. The van der Waals surface area contributed by atoms with Crippen molar-refractivity contribution in [1.82, 2.24) is 29.7 Å². The van der Waals surface area contributed by atoms with E-state index in [9.17, 15) is 13.2 Å². The lowest BCUT2D eigenvalue weighted by Crippen LogP contribution is -2.52. The van der Waals surface area contributed by atoms with Gasteiger partial charge in [-0.25, -0.2) is 17.9 Å². The van der Waals surface area contributed by atoms with Crippen LogP contribution in [0.3, 0.4) is 0 Å². The van der Waals surface area contributed by atoms with Gasteiger partial charge in [-0.2, -0.15) is 0 Å². The van der Waals surface area contributed by atoms with Crippen molar-refractivity contribution in [1.29, 1.82) is 0 Å². The monoisotopic (exact) mass is 330 g/mol. The van der Waals surface area contributed by atoms with Crippen molar-refractivity contribution >= 4 is 16.1 Å². The molecule has 2 amide bonds. The van der Waals surface area contributed by atoms with Crippen LogP contribution in [0.2, 0.25) is 0 Å². The van der Waals surface area contributed by atoms with Crippen LogP contribution in [-0.2, 0) is 17.1 Å². The molecule has 0 unspecified atom stereocenters. The number of hydrogen-bond donors (Lipinski definition) is 2. The Morgan fingerprint density at radius 1 is 1.50 bits per heavy atom. The first-order valence-corrected chi connectivity index (χ1v) is 9.02. The number of rotatable bonds is 4. The van der Waals surface area contributed by atoms with Gasteiger partial charge in [0.1, 0.15) is 6.33 Å². The van der Waals surface area contributed by atoms with Gasteiger partial charge in [0.2, 0.25) is 10.0 Å². The standard InChI is InChI=1S/C12H22N6O3S/c1-9(11-15-13-8-17(11)2)14-12(19)18-6-4-5-10(7-18)16-22(3,20)21/h8-10,16H,4-7H2,1-3H3,(H,14,19)/t9-,10-/m1/s1. The molecule has 2 heterocycles. The van der Waals surface area contributed by atoms with Crippen LogP contribution in [0.15, 0.2) is 6.33 Å². The summed E-state index contributed by atoms with van der Waals surface area (Å²) in [5.74, 6) is 0.663. The minimum atomic E-state index is -3.27. The molecule has 0 saturated carbocycles. The highest BCUT2D eigenvalue weighted by atomic mass is 32.2. The smallest absolute Gasteiger partial charge is 0.318 e. The SMILES string of the molecule is C[C@@H](NC(=O)N1CCC[C@@H](NS(C)(=O)=O)C1)c1nncn1C. The van der Waals surface area contributed by atoms with Gasteiger partial charge in [-0.15, -0.1) is 10.2 Å². The molecule has 0 radical (unpaired) electrons. The molecule has 1 aliphatic heterocycles. The van der Waals surface area contributed by atoms with Crippen molar-refractivity contribution in [2.45, 2.75) is 31.8 Å². The van der Waals surface area contributed by atoms with E-state index in [0.717, 1.165) is 19.1 Å². The second kappa shape index (κ2) is 6.61. The van der Waals surface area contributed by atoms with E-state index in [1.54, 1.807) is 15.8 Å². The van der Waals surface area contributed by atoms with Crippen molar-refractivity contribution in [3.05, 3.63) is 12.2 Å². The van der Waals surface area contributed by atoms with Crippen molar-refractivity contribution in [2.24, 2.45) is 7.05 Å². The molecule has 2 rings (SSSR count). The van der Waals surface area contributed by atoms with E-state index >= 15 is 0 Å². The number of piperidine rings is 1. The molecule has 1 aromatic heterocycles. The zero-order valence-electron chi connectivity index (χ0n) is 13.0. The number of sulfonamides is 1. The van der Waals surface area contributed by atoms with Crippen molar-refractivity contribution < 1.29 is 13.2 Å². The fraction of sp³-hybridized carbons (Fsp3) is 0.750. The van der Waals surface area contributed by atoms with E-state index in [-0.39, 0.29) is 18.1 Å². The summed E-state index contributed by atoms with van der Waals surface area (Å²) in [4.78, 5) is 13.9. The molecule has 2 atom stereocenters. The number of hydrogen-bond acceptors (Lipinski definition) is 5. The molecule has 0 aliphatic carbocycles. The number of likely N-dealkylation sites (tertiary alicyclic amines) is 1. The first-order valence-electron chi connectivity index (χ1n) is 7.13. The van der Waals surface area contributed by atoms with Crippen LogP contribution in [-0.4, -0.2) is 59.5 Å². The van der Waals surface area contributed by atoms with Gasteiger partial charge in [-0.05, 0) is 19.8 Å². The van der Waals surface area contributed by atoms with Gasteiger partial charge in [0, 0.05) is 26.2 Å². The van der Waals surface area contributed by atoms with Crippen LogP contribution in [0, 0.1) is 0 Å². The van der Waals surface area contributed by atoms with E-state index in [0.29, 0.717) is 18.9 Å². The fourth-order valence-electron chi connectivity index (χ4n) is 2.59. The number of urea groups is 1. The number of carbonyl (C=O) groups is 1. The largest absolute Gasteiger partial charge is 0.328 e. The molecular weight excluding hydrogens is 308 g/mol. The van der Waals surface area contributed by atoms with Crippen LogP contribution < -0.4 is 10.0 Å². The Kier molecular flexibility index (Phi) is 5.01. The molecule has 1 aromatic rings. The summed E-state index contributed by atoms with van der Waals surface area (Å²) in [5.41, 5.74) is 0. The highest BCUT2D eigenvalue weighted by molar-refractivity contribution is 7.88. The van der Waals surface area contributed by atoms with Gasteiger partial charge >= 0.3 is 6.03 Å². The van der Waals surface area contributed by atoms with Gasteiger partial charge in [0.05, 0.1) is 12.3 Å². The Morgan fingerprint density at radius 3 is 2.82 bits per heavy atom. The molecule has 2 N–H and O–H groups in total. The summed E-state index contributed by atoms with van der Waals surface area (Å²) >= 11 is 0. The van der Waals surface area contributed by atoms with Crippen LogP contribution in [0.1, 0.15) is 31.6 Å². The van der Waals surface area contributed by atoms with Gasteiger partial charge < -0.3 is 14.8 Å². The number of nitrogens with zero attached hydrogens (tertiary/aromatic N) is 4. The zero-order chi connectivity index (χ0) is 16.3. The number of carbonyl (C=O) groups excluding carboxylic acids is 1. The normalized spacial score (nSPS) is 20.7. The van der Waals surface area contributed by atoms with Gasteiger partial charge in [0.15, 0.2) is 5.82 Å². The number of nitrogens with one attached hydrogen (secondary N) is 2. The molecule has 0 spiro atoms. The molecule has 22 heavy (non-hydrogen) atoms. The summed E-state index contributed by atoms with van der Waals surface area (Å²) in [5, 5.41) is 10.6. The Morgan fingerprint density at radius 2 is 2.23 bits per heavy atom. The number of aromatic nitrogens is 3. The van der Waals surface area contributed by atoms with Crippen molar-refractivity contribution in [2.75, 3.05) is 19.3 Å². The topological polar surface area (TPSA) is 109 Å². The Bertz CT molecular complexity index is 629. The highest BCUT2D eigenvalue weighted by Gasteiger charge is 2.26. The quantitative estimate of drug-likeness (QED) is 0.781. The first kappa shape index (κ1) is 16.7. The fourth-order valence-corrected chi connectivity index (χ4v) is 3.38. The maximum Gasteiger partial charge on any atom is 0.318 e. The second-order valence-electron chi connectivity index (χ2n) is 5.65. The van der Waals surface area contributed by atoms with Gasteiger partial charge in [-0.1, -0.05) is 0 Å². The Hall–Kier alpha value is -1.68. The van der Waals surface area contributed by atoms with E-state index < -0.39 is 10.0 Å². The number of aryl methyl sites for hydroxylation is 1. The molecule has 1 saturated heterocycles. The summed E-state index contributed by atoms with van der Waals surface area (Å²) in [6.07, 6.45) is 4.20. The summed E-state index contributed by atoms with van der Waals surface area (Å²) in [6, 6.07) is -0.738. The predicted octanol–water partition coefficient (Wildman–Crippen LogP) is -0.401. The maximum atomic E-state index is 12.3. The van der Waals surface area contributed by atoms with Gasteiger partial charge in [0.25, 0.3) is 0 Å². The van der Waals surface area contributed by atoms with E-state index in [4.69, 9.17) is 0 Å². The third-order valence-electron chi connectivity index (χ3n) is 3.56. The van der Waals surface area contributed by atoms with E-state index in [2.05, 4.69) is 20.2 Å². The average molecular weight is 330 g/mol. The number of amides is 2. The summed E-state index contributed by atoms with van der Waals surface area (Å²) < 4.78 is 26.9. The minimum Gasteiger partial charge on any atom is -0.328 e. The van der Waals surface area contributed by atoms with E-state index in [1.807, 2.05) is 14.0 Å². The molecular formula is C12H22N6O3S. The molecule has 10 heteroatoms. The zero-order valence-corrected chi connectivity index (χ0v) is 13.8. The molecule has 124 valence electrons.